The number of aromatic nitrogens is 2. The number of nitrogens with two attached hydrogens (primary N) is 2. The summed E-state index contributed by atoms with van der Waals surface area (Å²) in [6, 6.07) is 36.0. The molecule has 542 valence electrons. The number of hydrogen-bond acceptors (Lipinski definition) is 20. The van der Waals surface area contributed by atoms with E-state index in [-0.39, 0.29) is 73.7 Å². The van der Waals surface area contributed by atoms with Gasteiger partial charge in [0.2, 0.25) is 0 Å². The number of piperidine rings is 2. The van der Waals surface area contributed by atoms with Gasteiger partial charge in [-0.05, 0) is 178 Å². The minimum absolute atomic E-state index is 0. The molecule has 2 fully saturated rings. The second kappa shape index (κ2) is 54.4. The molecule has 2 atom stereocenters. The first-order chi connectivity index (χ1) is 41.9. The summed E-state index contributed by atoms with van der Waals surface area (Å²) in [5.74, 6) is 1.06. The number of nitrogens with one attached hydrogen (secondary N) is 1. The molecule has 8 rings (SSSR count). The summed E-state index contributed by atoms with van der Waals surface area (Å²) in [7, 11) is -1.40. The summed E-state index contributed by atoms with van der Waals surface area (Å²) in [6.07, 6.45) is 8.77. The molecule has 2 aromatic heterocycles. The number of nitro groups is 2. The van der Waals surface area contributed by atoms with Crippen molar-refractivity contribution in [3.63, 3.8) is 0 Å². The molecule has 0 saturated carbocycles. The van der Waals surface area contributed by atoms with Crippen LogP contribution in [0.15, 0.2) is 146 Å². The number of rotatable bonds is 6. The number of halogens is 5. The van der Waals surface area contributed by atoms with Gasteiger partial charge in [-0.15, -0.1) is 0 Å². The fourth-order valence-corrected chi connectivity index (χ4v) is 7.53. The van der Waals surface area contributed by atoms with E-state index in [0.29, 0.717) is 17.3 Å². The molecule has 1 amide bonds. The Morgan fingerprint density at radius 2 is 1.03 bits per heavy atom. The van der Waals surface area contributed by atoms with E-state index in [1.807, 2.05) is 69.0 Å². The van der Waals surface area contributed by atoms with E-state index in [1.54, 1.807) is 96.5 Å². The molecule has 0 radical (unpaired) electrons. The number of anilines is 2. The van der Waals surface area contributed by atoms with Crippen LogP contribution < -0.4 is 22.2 Å². The van der Waals surface area contributed by atoms with E-state index in [1.165, 1.54) is 61.0 Å². The number of carbonyl (C=O) groups is 3. The molecule has 31 heteroatoms. The van der Waals surface area contributed by atoms with Gasteiger partial charge in [0.25, 0.3) is 11.4 Å². The number of non-ortho nitro benzene ring substituents is 2. The van der Waals surface area contributed by atoms with Crippen molar-refractivity contribution in [2.45, 2.75) is 153 Å². The minimum atomic E-state index is -1.92. The molecule has 2 unspecified atom stereocenters. The molecule has 4 aromatic carbocycles. The number of nitrogens with zero attached hydrogens (tertiary/aromatic N) is 5. The van der Waals surface area contributed by atoms with Crippen molar-refractivity contribution in [1.82, 2.24) is 20.2 Å². The van der Waals surface area contributed by atoms with Crippen LogP contribution in [0.2, 0.25) is 0 Å². The maximum Gasteiger partial charge on any atom is 0 e. The zero-order valence-electron chi connectivity index (χ0n) is 51.9. The van der Waals surface area contributed by atoms with E-state index in [2.05, 4.69) is 44.3 Å². The van der Waals surface area contributed by atoms with Crippen molar-refractivity contribution < 1.29 is 123 Å². The van der Waals surface area contributed by atoms with Crippen LogP contribution in [-0.2, 0) is 64.7 Å². The van der Waals surface area contributed by atoms with E-state index in [4.69, 9.17) is 60.8 Å². The summed E-state index contributed by atoms with van der Waals surface area (Å²) in [4.78, 5) is 63.4. The summed E-state index contributed by atoms with van der Waals surface area (Å²) in [5.41, 5.74) is 17.4. The van der Waals surface area contributed by atoms with Gasteiger partial charge in [0.1, 0.15) is 16.8 Å². The number of ether oxygens (including phenoxy) is 4. The molecule has 7 N–H and O–H groups in total. The largest absolute Gasteiger partial charge is 0 e. The number of amides is 1. The van der Waals surface area contributed by atoms with Gasteiger partial charge in [-0.3, -0.25) is 34.9 Å². The minimum Gasteiger partial charge on any atom is 0 e. The quantitative estimate of drug-likeness (QED) is 0.0151. The summed E-state index contributed by atoms with van der Waals surface area (Å²) < 4.78 is 68.2. The number of aryl methyl sites for hydroxylation is 1. The Bertz CT molecular complexity index is 2990. The van der Waals surface area contributed by atoms with Crippen molar-refractivity contribution in [3.05, 3.63) is 183 Å². The van der Waals surface area contributed by atoms with Gasteiger partial charge in [-0.25, -0.2) is 14.4 Å². The predicted octanol–water partition coefficient (Wildman–Crippen LogP) is 15.7. The van der Waals surface area contributed by atoms with Crippen LogP contribution in [0.5, 0.6) is 0 Å². The number of nitro benzene ring substituents is 2. The van der Waals surface area contributed by atoms with Crippen LogP contribution in [0.25, 0.3) is 11.1 Å². The number of nitrogen functional groups attached to an aromatic ring is 2. The zero-order valence-corrected chi connectivity index (χ0v) is 55.7. The fraction of sp³-hybridized carbons (Fsp3) is 0.422. The van der Waals surface area contributed by atoms with E-state index in [0.717, 1.165) is 60.5 Å². The standard InChI is InChI=1S/C16H24N2O2.C11H8N2O2.C11H16N2.C10H18O5.C7H7NO2.C5H6BNO2.4CH4.2F2.FH.2O.Pd.Pt.H2/c1-16(2,3)20-15(19)18-10-4-5-13(11-18)12-6-8-14(17)9-7-12;14-13(15)11-5-3-9(4-6-11)10-2-1-7-12-8-10;12-11-5-3-9(4-6-11)10-2-1-7-13-8-10;1-9(2,3)14-7(11)13-8(12)15-10(4,5)6;1-6-2-4-7(5-3-6)8(9)10;8-6(9)5-2-1-3-7-4-5;;;;;2*1-2;;;;;;/h6-9,13H,4-5,10-11,17H2,1-3H3;1-8H;3-6,10,13H,1-2,7-8,12H2;1-6H3;2-5H,1H3;1-4,8-9H;4*1H4;;;1H;;;;;1H. The molecule has 4 heterocycles. The summed E-state index contributed by atoms with van der Waals surface area (Å²) >= 11 is -1.92. The Kier molecular flexibility index (Phi) is 57.6. The normalized spacial score (nSPS) is 12.9. The smallest absolute Gasteiger partial charge is 0 e. The first kappa shape index (κ1) is 101. The number of hydrogen-bond donors (Lipinski definition) is 5. The molecule has 95 heavy (non-hydrogen) atoms. The van der Waals surface area contributed by atoms with E-state index >= 15 is 0 Å². The second-order valence-electron chi connectivity index (χ2n) is 22.0. The monoisotopic (exact) mass is 1630 g/mol. The van der Waals surface area contributed by atoms with Gasteiger partial charge in [-0.1, -0.05) is 83.8 Å². The van der Waals surface area contributed by atoms with Crippen LogP contribution >= 0.6 is 0 Å². The molecular formula is C64H98BF5N8O15PdPt. The van der Waals surface area contributed by atoms with Crippen LogP contribution in [0.4, 0.5) is 60.1 Å². The third kappa shape index (κ3) is 47.6. The van der Waals surface area contributed by atoms with Crippen molar-refractivity contribution in [3.8, 4) is 11.1 Å². The topological polar surface area (TPSA) is 342 Å². The Hall–Kier alpha value is -7.86. The Morgan fingerprint density at radius 3 is 1.38 bits per heavy atom. The molecule has 6 aromatic rings. The molecule has 0 aliphatic carbocycles. The van der Waals surface area contributed by atoms with Gasteiger partial charge >= 0.3 is 50.8 Å². The third-order valence-corrected chi connectivity index (χ3v) is 11.4. The first-order valence-corrected chi connectivity index (χ1v) is 29.0. The van der Waals surface area contributed by atoms with E-state index in [9.17, 15) is 34.6 Å². The SMILES string of the molecule is C.C.C.C.CC(C)(C)OC(=O)N1CCCC(c2ccc(N)cc2)C1.CC(C)(C)OC(=O)OC(=O)OC(C)(C)C.Cc1ccc([N+](=O)[O-])cc1.F.FF.FF.Nc1ccc(C2CCCNC2)cc1.O=[N+]([O-])c1ccc(-c2cccnc2)cc1.OB(O)c1cccnc1.[HH].[O]=[Pt]=[O].[Pd]. The maximum absolute atomic E-state index is 12.1. The molecule has 2 saturated heterocycles. The van der Waals surface area contributed by atoms with Gasteiger partial charge in [0, 0.05) is 132 Å². The van der Waals surface area contributed by atoms with Crippen molar-refractivity contribution in [2.75, 3.05) is 37.6 Å². The Balaban J connectivity index is -0.000000158. The molecule has 2 aliphatic heterocycles. The van der Waals surface area contributed by atoms with Gasteiger partial charge < -0.3 is 50.7 Å². The summed E-state index contributed by atoms with van der Waals surface area (Å²) in [5, 5.41) is 41.1. The fourth-order valence-electron chi connectivity index (χ4n) is 7.53. The van der Waals surface area contributed by atoms with Crippen molar-refractivity contribution in [2.24, 2.45) is 0 Å². The van der Waals surface area contributed by atoms with Crippen LogP contribution in [-0.4, -0.2) is 103 Å². The Labute approximate surface area is 579 Å². The number of pyridine rings is 2. The van der Waals surface area contributed by atoms with Crippen LogP contribution in [0, 0.1) is 27.2 Å². The number of benzene rings is 4. The summed E-state index contributed by atoms with van der Waals surface area (Å²) in [6.45, 7) is 21.4. The molecule has 23 nitrogen and oxygen atoms in total. The first-order valence-electron chi connectivity index (χ1n) is 27.2. The molecule has 0 spiro atoms. The van der Waals surface area contributed by atoms with Crippen LogP contribution in [0.1, 0.15) is 148 Å². The Morgan fingerprint density at radius 1 is 0.632 bits per heavy atom. The van der Waals surface area contributed by atoms with Gasteiger partial charge in [0.05, 0.1) is 9.85 Å². The maximum atomic E-state index is 12.1. The molecule has 0 bridgehead atoms. The zero-order chi connectivity index (χ0) is 67.8. The average molecular weight is 1630 g/mol. The molecule has 2 aliphatic rings. The van der Waals surface area contributed by atoms with E-state index < -0.39 is 64.6 Å². The van der Waals surface area contributed by atoms with Crippen LogP contribution in [0.3, 0.4) is 0 Å². The average Bonchev–Trinajstić information content (AvgIpc) is 0.982. The second-order valence-corrected chi connectivity index (χ2v) is 22.4. The number of carbonyl (C=O) groups excluding carboxylic acids is 3. The van der Waals surface area contributed by atoms with Gasteiger partial charge in [0.15, 0.2) is 0 Å². The third-order valence-electron chi connectivity index (χ3n) is 11.4. The van der Waals surface area contributed by atoms with Gasteiger partial charge in [-0.2, -0.15) is 0 Å². The predicted molar refractivity (Wildman–Crippen MR) is 355 cm³/mol. The van der Waals surface area contributed by atoms with Crippen molar-refractivity contribution >= 4 is 53.7 Å². The molecular weight excluding hydrogens is 1530 g/mol. The van der Waals surface area contributed by atoms with Crippen molar-refractivity contribution in [1.29, 1.82) is 0 Å². The number of likely N-dealkylation sites (tertiary alicyclic amines) is 1.